The van der Waals surface area contributed by atoms with E-state index < -0.39 is 0 Å². The molecule has 2 nitrogen and oxygen atoms in total. The van der Waals surface area contributed by atoms with Crippen molar-refractivity contribution < 1.29 is 9.53 Å². The second-order valence-corrected chi connectivity index (χ2v) is 3.23. The van der Waals surface area contributed by atoms with Gasteiger partial charge < -0.3 is 4.74 Å². The minimum atomic E-state index is -0.241. The van der Waals surface area contributed by atoms with Gasteiger partial charge in [-0.05, 0) is 17.7 Å². The molecule has 0 spiro atoms. The first-order valence-electron chi connectivity index (χ1n) is 4.51. The Hall–Kier alpha value is -1.40. The molecule has 0 unspecified atom stereocenters. The van der Waals surface area contributed by atoms with E-state index in [1.54, 1.807) is 0 Å². The molecule has 0 radical (unpaired) electrons. The summed E-state index contributed by atoms with van der Waals surface area (Å²) in [6.07, 6.45) is 0.285. The van der Waals surface area contributed by atoms with Crippen molar-refractivity contribution in [2.45, 2.75) is 6.42 Å². The van der Waals surface area contributed by atoms with Gasteiger partial charge in [0.1, 0.15) is 0 Å². The lowest BCUT2D eigenvalue weighted by molar-refractivity contribution is -0.139. The van der Waals surface area contributed by atoms with Crippen LogP contribution in [0.1, 0.15) is 11.1 Å². The molecule has 0 heterocycles. The van der Waals surface area contributed by atoms with E-state index in [-0.39, 0.29) is 12.4 Å². The van der Waals surface area contributed by atoms with Crippen molar-refractivity contribution in [3.63, 3.8) is 0 Å². The predicted molar refractivity (Wildman–Crippen MR) is 62.9 cm³/mol. The Morgan fingerprint density at radius 1 is 1.53 bits per heavy atom. The number of benzene rings is 1. The molecular formula is C12H12O2S. The van der Waals surface area contributed by atoms with E-state index in [0.717, 1.165) is 11.1 Å². The molecule has 0 atom stereocenters. The summed E-state index contributed by atoms with van der Waals surface area (Å²) in [4.78, 5) is 11.0. The van der Waals surface area contributed by atoms with Crippen molar-refractivity contribution in [2.75, 3.05) is 12.9 Å². The van der Waals surface area contributed by atoms with E-state index in [1.807, 2.05) is 24.3 Å². The second-order valence-electron chi connectivity index (χ2n) is 2.91. The minimum Gasteiger partial charge on any atom is -0.469 e. The maximum absolute atomic E-state index is 11.0. The molecule has 1 aromatic carbocycles. The maximum atomic E-state index is 11.0. The first-order chi connectivity index (χ1) is 7.26. The number of hydrogen-bond donors (Lipinski definition) is 1. The number of carbonyl (C=O) groups is 1. The van der Waals surface area contributed by atoms with Crippen molar-refractivity contribution in [3.05, 3.63) is 35.4 Å². The highest BCUT2D eigenvalue weighted by Gasteiger charge is 2.02. The molecule has 15 heavy (non-hydrogen) atoms. The fourth-order valence-corrected chi connectivity index (χ4v) is 1.22. The third-order valence-electron chi connectivity index (χ3n) is 1.81. The van der Waals surface area contributed by atoms with E-state index in [0.29, 0.717) is 5.75 Å². The molecule has 0 fully saturated rings. The monoisotopic (exact) mass is 220 g/mol. The third kappa shape index (κ3) is 4.09. The highest BCUT2D eigenvalue weighted by molar-refractivity contribution is 7.80. The number of methoxy groups -OCH3 is 1. The molecule has 0 bridgehead atoms. The van der Waals surface area contributed by atoms with E-state index in [9.17, 15) is 4.79 Å². The van der Waals surface area contributed by atoms with Crippen molar-refractivity contribution in [3.8, 4) is 11.8 Å². The van der Waals surface area contributed by atoms with Crippen LogP contribution in [0.4, 0.5) is 0 Å². The van der Waals surface area contributed by atoms with Crippen LogP contribution in [0.15, 0.2) is 24.3 Å². The average Bonchev–Trinajstić information content (AvgIpc) is 2.26. The van der Waals surface area contributed by atoms with Gasteiger partial charge in [-0.25, -0.2) is 0 Å². The molecule has 0 saturated carbocycles. The van der Waals surface area contributed by atoms with E-state index in [2.05, 4.69) is 29.2 Å². The average molecular weight is 220 g/mol. The Kier molecular flexibility index (Phi) is 4.79. The number of hydrogen-bond acceptors (Lipinski definition) is 3. The Morgan fingerprint density at radius 2 is 2.33 bits per heavy atom. The summed E-state index contributed by atoms with van der Waals surface area (Å²) in [6, 6.07) is 7.54. The Morgan fingerprint density at radius 3 is 3.00 bits per heavy atom. The normalized spacial score (nSPS) is 8.93. The summed E-state index contributed by atoms with van der Waals surface area (Å²) >= 11 is 4.00. The van der Waals surface area contributed by atoms with E-state index in [1.165, 1.54) is 7.11 Å². The summed E-state index contributed by atoms with van der Waals surface area (Å²) in [6.45, 7) is 0. The largest absolute Gasteiger partial charge is 0.469 e. The van der Waals surface area contributed by atoms with Crippen LogP contribution in [0.2, 0.25) is 0 Å². The standard InChI is InChI=1S/C12H12O2S/c1-14-12(13)9-11-5-2-4-10(8-11)6-3-7-15/h2,4-5,8,15H,7,9H2,1H3. The zero-order chi connectivity index (χ0) is 11.1. The van der Waals surface area contributed by atoms with Gasteiger partial charge in [0, 0.05) is 5.56 Å². The minimum absolute atomic E-state index is 0.241. The van der Waals surface area contributed by atoms with Crippen molar-refractivity contribution >= 4 is 18.6 Å². The molecule has 0 saturated heterocycles. The molecule has 1 aromatic rings. The Balaban J connectivity index is 2.78. The van der Waals surface area contributed by atoms with Crippen LogP contribution in [0, 0.1) is 11.8 Å². The van der Waals surface area contributed by atoms with Gasteiger partial charge >= 0.3 is 5.97 Å². The number of esters is 1. The second kappa shape index (κ2) is 6.15. The number of carbonyl (C=O) groups excluding carboxylic acids is 1. The zero-order valence-electron chi connectivity index (χ0n) is 8.49. The Bertz CT molecular complexity index is 402. The quantitative estimate of drug-likeness (QED) is 0.466. The molecule has 1 rings (SSSR count). The smallest absolute Gasteiger partial charge is 0.309 e. The van der Waals surface area contributed by atoms with Gasteiger partial charge in [0.05, 0.1) is 19.3 Å². The third-order valence-corrected chi connectivity index (χ3v) is 1.97. The fourth-order valence-electron chi connectivity index (χ4n) is 1.14. The molecule has 3 heteroatoms. The van der Waals surface area contributed by atoms with Gasteiger partial charge in [0.15, 0.2) is 0 Å². The van der Waals surface area contributed by atoms with Crippen LogP contribution >= 0.6 is 12.6 Å². The lowest BCUT2D eigenvalue weighted by Gasteiger charge is -2.00. The molecule has 0 amide bonds. The van der Waals surface area contributed by atoms with Gasteiger partial charge in [-0.15, -0.1) is 0 Å². The highest BCUT2D eigenvalue weighted by Crippen LogP contribution is 2.05. The molecule has 0 aliphatic rings. The summed E-state index contributed by atoms with van der Waals surface area (Å²) in [5.74, 6) is 6.09. The van der Waals surface area contributed by atoms with E-state index >= 15 is 0 Å². The van der Waals surface area contributed by atoms with Crippen LogP contribution in [0.5, 0.6) is 0 Å². The molecular weight excluding hydrogens is 208 g/mol. The van der Waals surface area contributed by atoms with Gasteiger partial charge in [-0.2, -0.15) is 12.6 Å². The van der Waals surface area contributed by atoms with Crippen LogP contribution in [-0.4, -0.2) is 18.8 Å². The Labute approximate surface area is 95.1 Å². The number of thiol groups is 1. The van der Waals surface area contributed by atoms with Gasteiger partial charge in [0.25, 0.3) is 0 Å². The zero-order valence-corrected chi connectivity index (χ0v) is 9.38. The fraction of sp³-hybridized carbons (Fsp3) is 0.250. The summed E-state index contributed by atoms with van der Waals surface area (Å²) in [5.41, 5.74) is 1.80. The summed E-state index contributed by atoms with van der Waals surface area (Å²) in [7, 11) is 1.38. The van der Waals surface area contributed by atoms with E-state index in [4.69, 9.17) is 0 Å². The van der Waals surface area contributed by atoms with Crippen molar-refractivity contribution in [1.82, 2.24) is 0 Å². The van der Waals surface area contributed by atoms with Crippen LogP contribution in [0.3, 0.4) is 0 Å². The lowest BCUT2D eigenvalue weighted by atomic mass is 10.1. The topological polar surface area (TPSA) is 26.3 Å². The van der Waals surface area contributed by atoms with Gasteiger partial charge in [0.2, 0.25) is 0 Å². The first-order valence-corrected chi connectivity index (χ1v) is 5.15. The molecule has 0 aromatic heterocycles. The highest BCUT2D eigenvalue weighted by atomic mass is 32.1. The lowest BCUT2D eigenvalue weighted by Crippen LogP contribution is -2.04. The molecule has 0 aliphatic carbocycles. The molecule has 0 aliphatic heterocycles. The van der Waals surface area contributed by atoms with Crippen LogP contribution in [0.25, 0.3) is 0 Å². The van der Waals surface area contributed by atoms with Crippen LogP contribution in [-0.2, 0) is 16.0 Å². The summed E-state index contributed by atoms with van der Waals surface area (Å²) < 4.78 is 4.59. The van der Waals surface area contributed by atoms with Crippen molar-refractivity contribution in [2.24, 2.45) is 0 Å². The number of rotatable bonds is 2. The van der Waals surface area contributed by atoms with Gasteiger partial charge in [-0.1, -0.05) is 24.0 Å². The van der Waals surface area contributed by atoms with Gasteiger partial charge in [-0.3, -0.25) is 4.79 Å². The number of ether oxygens (including phenoxy) is 1. The molecule has 78 valence electrons. The van der Waals surface area contributed by atoms with Crippen LogP contribution < -0.4 is 0 Å². The maximum Gasteiger partial charge on any atom is 0.309 e. The molecule has 0 N–H and O–H groups in total. The first kappa shape index (κ1) is 11.7. The SMILES string of the molecule is COC(=O)Cc1cccc(C#CCS)c1. The summed E-state index contributed by atoms with van der Waals surface area (Å²) in [5, 5.41) is 0. The predicted octanol–water partition coefficient (Wildman–Crippen LogP) is 1.68. The van der Waals surface area contributed by atoms with Crippen molar-refractivity contribution in [1.29, 1.82) is 0 Å².